The fraction of sp³-hybridized carbons (Fsp3) is 0.0870. The molecule has 2 aromatic heterocycles. The Hall–Kier alpha value is -3.66. The van der Waals surface area contributed by atoms with Gasteiger partial charge in [0.25, 0.3) is 15.9 Å². The van der Waals surface area contributed by atoms with E-state index in [4.69, 9.17) is 5.21 Å². The Labute approximate surface area is 185 Å². The van der Waals surface area contributed by atoms with Crippen LogP contribution in [0.3, 0.4) is 0 Å². The quantitative estimate of drug-likeness (QED) is 0.187. The van der Waals surface area contributed by atoms with Crippen LogP contribution in [0.5, 0.6) is 0 Å². The highest BCUT2D eigenvalue weighted by Gasteiger charge is 2.16. The van der Waals surface area contributed by atoms with Gasteiger partial charge >= 0.3 is 0 Å². The summed E-state index contributed by atoms with van der Waals surface area (Å²) < 4.78 is 26.8. The minimum Gasteiger partial charge on any atom is -0.361 e. The van der Waals surface area contributed by atoms with Crippen LogP contribution in [0.1, 0.15) is 16.7 Å². The van der Waals surface area contributed by atoms with Gasteiger partial charge in [-0.05, 0) is 64.6 Å². The van der Waals surface area contributed by atoms with Crippen LogP contribution >= 0.6 is 0 Å². The number of fused-ring (bicyclic) bond motifs is 1. The Morgan fingerprint density at radius 2 is 1.78 bits per heavy atom. The number of aromatic nitrogens is 2. The Balaban J connectivity index is 1.38. The molecule has 0 fully saturated rings. The number of nitrogens with zero attached hydrogens (tertiary/aromatic N) is 1. The minimum atomic E-state index is -3.75. The molecule has 2 heterocycles. The summed E-state index contributed by atoms with van der Waals surface area (Å²) in [6, 6.07) is 16.6. The molecular weight excluding hydrogens is 428 g/mol. The number of H-pyrrole nitrogens is 1. The number of hydrogen-bond acceptors (Lipinski definition) is 5. The maximum absolute atomic E-state index is 12.8. The molecule has 0 bridgehead atoms. The smallest absolute Gasteiger partial charge is 0.267 e. The molecule has 4 aromatic rings. The van der Waals surface area contributed by atoms with Crippen molar-refractivity contribution < 1.29 is 18.4 Å². The zero-order chi connectivity index (χ0) is 22.6. The monoisotopic (exact) mass is 450 g/mol. The van der Waals surface area contributed by atoms with E-state index in [0.29, 0.717) is 18.7 Å². The Morgan fingerprint density at radius 1 is 1.03 bits per heavy atom. The van der Waals surface area contributed by atoms with E-state index in [0.717, 1.165) is 21.1 Å². The van der Waals surface area contributed by atoms with Gasteiger partial charge in [-0.25, -0.2) is 17.9 Å². The van der Waals surface area contributed by atoms with Crippen molar-refractivity contribution in [3.8, 4) is 0 Å². The molecule has 9 heteroatoms. The summed E-state index contributed by atoms with van der Waals surface area (Å²) in [6.45, 7) is 1.31. The molecule has 2 aromatic carbocycles. The lowest BCUT2D eigenvalue weighted by molar-refractivity contribution is -0.124. The summed E-state index contributed by atoms with van der Waals surface area (Å²) in [5, 5.41) is 13.0. The van der Waals surface area contributed by atoms with Gasteiger partial charge in [0.15, 0.2) is 0 Å². The number of hydrogen-bond donors (Lipinski definition) is 4. The third-order valence-electron chi connectivity index (χ3n) is 5.00. The minimum absolute atomic E-state index is 0.165. The van der Waals surface area contributed by atoms with Crippen molar-refractivity contribution in [3.63, 3.8) is 0 Å². The molecule has 0 aliphatic rings. The molecule has 0 aliphatic heterocycles. The summed E-state index contributed by atoms with van der Waals surface area (Å²) in [5.74, 6) is -0.699. The lowest BCUT2D eigenvalue weighted by atomic mass is 10.1. The predicted molar refractivity (Wildman–Crippen MR) is 121 cm³/mol. The highest BCUT2D eigenvalue weighted by Crippen LogP contribution is 2.17. The first-order valence-corrected chi connectivity index (χ1v) is 11.3. The first-order valence-electron chi connectivity index (χ1n) is 9.87. The number of nitrogens with one attached hydrogen (secondary N) is 3. The summed E-state index contributed by atoms with van der Waals surface area (Å²) in [5.41, 5.74) is 5.23. The molecule has 0 atom stereocenters. The number of benzene rings is 2. The highest BCUT2D eigenvalue weighted by atomic mass is 32.2. The molecule has 1 amide bonds. The van der Waals surface area contributed by atoms with Gasteiger partial charge in [0, 0.05) is 43.3 Å². The third kappa shape index (κ3) is 4.80. The van der Waals surface area contributed by atoms with Crippen LogP contribution in [0.2, 0.25) is 0 Å². The van der Waals surface area contributed by atoms with Crippen LogP contribution in [0, 0.1) is 0 Å². The van der Waals surface area contributed by atoms with Gasteiger partial charge in [0.05, 0.1) is 4.90 Å². The SMILES string of the molecule is O=C(C=Cc1ccn(S(=O)(=O)c2ccc(CNCc3ccc4[nH]ccc4c3)cc2)c1)NO. The van der Waals surface area contributed by atoms with E-state index < -0.39 is 15.9 Å². The van der Waals surface area contributed by atoms with E-state index in [2.05, 4.69) is 28.5 Å². The van der Waals surface area contributed by atoms with Crippen LogP contribution in [-0.4, -0.2) is 28.5 Å². The number of carbonyl (C=O) groups is 1. The number of amides is 1. The van der Waals surface area contributed by atoms with E-state index in [1.807, 2.05) is 12.3 Å². The van der Waals surface area contributed by atoms with E-state index in [1.165, 1.54) is 34.9 Å². The van der Waals surface area contributed by atoms with E-state index in [9.17, 15) is 13.2 Å². The molecule has 0 saturated heterocycles. The molecule has 0 saturated carbocycles. The van der Waals surface area contributed by atoms with Gasteiger partial charge in [0.1, 0.15) is 0 Å². The maximum Gasteiger partial charge on any atom is 0.267 e. The van der Waals surface area contributed by atoms with Gasteiger partial charge in [-0.15, -0.1) is 0 Å². The first-order chi connectivity index (χ1) is 15.5. The average molecular weight is 451 g/mol. The largest absolute Gasteiger partial charge is 0.361 e. The van der Waals surface area contributed by atoms with Crippen LogP contribution in [0.4, 0.5) is 0 Å². The van der Waals surface area contributed by atoms with Gasteiger partial charge in [-0.2, -0.15) is 0 Å². The molecule has 0 radical (unpaired) electrons. The summed E-state index contributed by atoms with van der Waals surface area (Å²) in [7, 11) is -3.75. The zero-order valence-corrected chi connectivity index (χ0v) is 17.8. The molecule has 0 aliphatic carbocycles. The van der Waals surface area contributed by atoms with Crippen molar-refractivity contribution in [2.75, 3.05) is 0 Å². The van der Waals surface area contributed by atoms with E-state index >= 15 is 0 Å². The molecule has 4 rings (SSSR count). The van der Waals surface area contributed by atoms with Crippen LogP contribution in [0.15, 0.2) is 84.2 Å². The third-order valence-corrected chi connectivity index (χ3v) is 6.65. The van der Waals surface area contributed by atoms with Gasteiger partial charge < -0.3 is 10.3 Å². The lowest BCUT2D eigenvalue weighted by Gasteiger charge is -2.08. The highest BCUT2D eigenvalue weighted by molar-refractivity contribution is 7.90. The van der Waals surface area contributed by atoms with Crippen molar-refractivity contribution >= 4 is 32.9 Å². The molecule has 4 N–H and O–H groups in total. The van der Waals surface area contributed by atoms with Crippen LogP contribution < -0.4 is 10.8 Å². The van der Waals surface area contributed by atoms with Crippen LogP contribution in [0.25, 0.3) is 17.0 Å². The van der Waals surface area contributed by atoms with Crippen molar-refractivity contribution in [3.05, 3.63) is 96.0 Å². The summed E-state index contributed by atoms with van der Waals surface area (Å²) >= 11 is 0. The number of aromatic amines is 1. The van der Waals surface area contributed by atoms with E-state index in [-0.39, 0.29) is 4.90 Å². The fourth-order valence-corrected chi connectivity index (χ4v) is 4.52. The second-order valence-corrected chi connectivity index (χ2v) is 9.08. The second kappa shape index (κ2) is 9.23. The Bertz CT molecular complexity index is 1370. The molecule has 0 unspecified atom stereocenters. The molecule has 32 heavy (non-hydrogen) atoms. The normalized spacial score (nSPS) is 11.9. The Morgan fingerprint density at radius 3 is 2.56 bits per heavy atom. The number of carbonyl (C=O) groups excluding carboxylic acids is 1. The van der Waals surface area contributed by atoms with Crippen molar-refractivity contribution in [1.82, 2.24) is 19.8 Å². The van der Waals surface area contributed by atoms with Gasteiger partial charge in [-0.1, -0.05) is 18.2 Å². The molecule has 164 valence electrons. The predicted octanol–water partition coefficient (Wildman–Crippen LogP) is 3.01. The molecular formula is C23H22N4O4S. The first kappa shape index (κ1) is 21.6. The summed E-state index contributed by atoms with van der Waals surface area (Å²) in [6.07, 6.45) is 7.22. The second-order valence-electron chi connectivity index (χ2n) is 7.24. The van der Waals surface area contributed by atoms with Crippen molar-refractivity contribution in [1.29, 1.82) is 0 Å². The molecule has 8 nitrogen and oxygen atoms in total. The standard InChI is InChI=1S/C23H22N4O4S/c28-23(26-29)8-4-18-10-12-27(16-18)32(30,31)21-5-1-17(2-6-21)14-24-15-19-3-7-22-20(13-19)9-11-25-22/h1-13,16,24-25,29H,14-15H2,(H,26,28). The number of hydroxylamine groups is 1. The van der Waals surface area contributed by atoms with Crippen molar-refractivity contribution in [2.24, 2.45) is 0 Å². The lowest BCUT2D eigenvalue weighted by Crippen LogP contribution is -2.14. The fourth-order valence-electron chi connectivity index (χ4n) is 3.31. The topological polar surface area (TPSA) is 116 Å². The van der Waals surface area contributed by atoms with Gasteiger partial charge in [-0.3, -0.25) is 10.0 Å². The van der Waals surface area contributed by atoms with Gasteiger partial charge in [0.2, 0.25) is 0 Å². The zero-order valence-electron chi connectivity index (χ0n) is 17.0. The molecule has 0 spiro atoms. The van der Waals surface area contributed by atoms with Crippen molar-refractivity contribution in [2.45, 2.75) is 18.0 Å². The maximum atomic E-state index is 12.8. The average Bonchev–Trinajstić information content (AvgIpc) is 3.47. The summed E-state index contributed by atoms with van der Waals surface area (Å²) in [4.78, 5) is 14.4. The number of rotatable bonds is 8. The van der Waals surface area contributed by atoms with Crippen LogP contribution in [-0.2, 0) is 27.9 Å². The van der Waals surface area contributed by atoms with E-state index in [1.54, 1.807) is 30.3 Å². The Kier molecular flexibility index (Phi) is 6.22.